The van der Waals surface area contributed by atoms with E-state index in [9.17, 15) is 18.8 Å². The summed E-state index contributed by atoms with van der Waals surface area (Å²) in [5, 5.41) is 3.07. The van der Waals surface area contributed by atoms with E-state index in [0.717, 1.165) is 37.7 Å². The number of hydrogen-bond acceptors (Lipinski definition) is 3. The van der Waals surface area contributed by atoms with E-state index >= 15 is 0 Å². The summed E-state index contributed by atoms with van der Waals surface area (Å²) in [5.41, 5.74) is -0.210. The number of urea groups is 1. The second-order valence-electron chi connectivity index (χ2n) is 10.1. The van der Waals surface area contributed by atoms with Gasteiger partial charge in [-0.15, -0.1) is 0 Å². The van der Waals surface area contributed by atoms with E-state index < -0.39 is 5.54 Å². The second-order valence-corrected chi connectivity index (χ2v) is 10.1. The lowest BCUT2D eigenvalue weighted by Gasteiger charge is -2.42. The van der Waals surface area contributed by atoms with Crippen molar-refractivity contribution in [3.8, 4) is 0 Å². The van der Waals surface area contributed by atoms with Crippen LogP contribution in [0.4, 0.5) is 9.18 Å². The monoisotopic (exact) mass is 453 g/mol. The third-order valence-corrected chi connectivity index (χ3v) is 7.86. The average molecular weight is 454 g/mol. The van der Waals surface area contributed by atoms with Crippen LogP contribution in [0.1, 0.15) is 50.5 Å². The summed E-state index contributed by atoms with van der Waals surface area (Å²) in [4.78, 5) is 42.9. The van der Waals surface area contributed by atoms with Crippen molar-refractivity contribution in [2.75, 3.05) is 19.6 Å². The standard InChI is InChI=1S/C26H32FN3O3/c27-22-10-8-18(9-11-22)16-26(24(32)30(25(33)28-26)17-19-6-7-19)21-12-14-29(15-13-21)23(31)20-4-2-1-3-5-20/h1-2,8-11,19-21H,3-7,12-17H2,(H,28,33). The minimum absolute atomic E-state index is 0.0570. The number of carbonyl (C=O) groups excluding carboxylic acids is 3. The first-order valence-electron chi connectivity index (χ1n) is 12.3. The average Bonchev–Trinajstić information content (AvgIpc) is 3.63. The molecule has 0 aromatic heterocycles. The quantitative estimate of drug-likeness (QED) is 0.528. The summed E-state index contributed by atoms with van der Waals surface area (Å²) < 4.78 is 13.5. The van der Waals surface area contributed by atoms with Gasteiger partial charge in [-0.1, -0.05) is 24.3 Å². The number of nitrogens with zero attached hydrogens (tertiary/aromatic N) is 2. The number of imide groups is 1. The van der Waals surface area contributed by atoms with Gasteiger partial charge in [0.05, 0.1) is 0 Å². The largest absolute Gasteiger partial charge is 0.342 e. The van der Waals surface area contributed by atoms with Gasteiger partial charge in [0, 0.05) is 32.0 Å². The highest BCUT2D eigenvalue weighted by molar-refractivity contribution is 6.07. The Balaban J connectivity index is 1.34. The SMILES string of the molecule is O=C(C1CC=CCC1)N1CCC(C2(Cc3ccc(F)cc3)NC(=O)N(CC3CC3)C2=O)CC1. The third kappa shape index (κ3) is 4.42. The number of nitrogens with one attached hydrogen (secondary N) is 1. The van der Waals surface area contributed by atoms with Crippen LogP contribution in [-0.2, 0) is 16.0 Å². The molecule has 2 saturated heterocycles. The molecule has 1 aromatic carbocycles. The normalized spacial score (nSPS) is 28.3. The van der Waals surface area contributed by atoms with Crippen molar-refractivity contribution in [2.24, 2.45) is 17.8 Å². The van der Waals surface area contributed by atoms with Crippen molar-refractivity contribution in [2.45, 2.75) is 56.9 Å². The van der Waals surface area contributed by atoms with E-state index in [0.29, 0.717) is 44.8 Å². The zero-order valence-corrected chi connectivity index (χ0v) is 19.0. The molecule has 3 fully saturated rings. The first-order valence-corrected chi connectivity index (χ1v) is 12.3. The number of allylic oxidation sites excluding steroid dienone is 2. The van der Waals surface area contributed by atoms with Crippen molar-refractivity contribution >= 4 is 17.8 Å². The fourth-order valence-electron chi connectivity index (χ4n) is 5.70. The minimum Gasteiger partial charge on any atom is -0.342 e. The summed E-state index contributed by atoms with van der Waals surface area (Å²) in [6, 6.07) is 5.85. The summed E-state index contributed by atoms with van der Waals surface area (Å²) in [6.45, 7) is 1.67. The molecule has 0 bridgehead atoms. The number of rotatable bonds is 6. The van der Waals surface area contributed by atoms with E-state index in [1.165, 1.54) is 17.0 Å². The molecule has 2 unspecified atom stereocenters. The topological polar surface area (TPSA) is 69.7 Å². The molecular weight excluding hydrogens is 421 g/mol. The van der Waals surface area contributed by atoms with Crippen LogP contribution < -0.4 is 5.32 Å². The summed E-state index contributed by atoms with van der Waals surface area (Å²) in [6.07, 6.45) is 10.7. The predicted octanol–water partition coefficient (Wildman–Crippen LogP) is 3.66. The summed E-state index contributed by atoms with van der Waals surface area (Å²) in [5.74, 6) is 0.119. The van der Waals surface area contributed by atoms with E-state index in [2.05, 4.69) is 17.5 Å². The molecule has 1 N–H and O–H groups in total. The molecule has 2 atom stereocenters. The van der Waals surface area contributed by atoms with Gasteiger partial charge in [0.25, 0.3) is 5.91 Å². The van der Waals surface area contributed by atoms with Gasteiger partial charge in [-0.05, 0) is 74.5 Å². The molecular formula is C26H32FN3O3. The van der Waals surface area contributed by atoms with Crippen LogP contribution in [0.2, 0.25) is 0 Å². The van der Waals surface area contributed by atoms with E-state index in [1.807, 2.05) is 4.90 Å². The number of hydrogen-bond donors (Lipinski definition) is 1. The second kappa shape index (κ2) is 8.92. The fraction of sp³-hybridized carbons (Fsp3) is 0.577. The molecule has 2 heterocycles. The molecule has 2 aliphatic carbocycles. The Kier molecular flexibility index (Phi) is 5.97. The maximum absolute atomic E-state index is 13.7. The molecule has 4 amide bonds. The molecule has 1 aromatic rings. The Morgan fingerprint density at radius 2 is 1.76 bits per heavy atom. The van der Waals surface area contributed by atoms with Crippen LogP contribution in [-0.4, -0.2) is 52.8 Å². The molecule has 2 aliphatic heterocycles. The van der Waals surface area contributed by atoms with Crippen LogP contribution in [0.15, 0.2) is 36.4 Å². The highest BCUT2D eigenvalue weighted by Gasteiger charge is 2.56. The molecule has 0 radical (unpaired) electrons. The molecule has 0 spiro atoms. The van der Waals surface area contributed by atoms with Crippen LogP contribution >= 0.6 is 0 Å². The first-order chi connectivity index (χ1) is 16.0. The lowest BCUT2D eigenvalue weighted by molar-refractivity contribution is -0.139. The van der Waals surface area contributed by atoms with Gasteiger partial charge >= 0.3 is 6.03 Å². The summed E-state index contributed by atoms with van der Waals surface area (Å²) in [7, 11) is 0. The number of benzene rings is 1. The van der Waals surface area contributed by atoms with Gasteiger partial charge in [0.2, 0.25) is 5.91 Å². The molecule has 4 aliphatic rings. The van der Waals surface area contributed by atoms with Crippen LogP contribution in [0.25, 0.3) is 0 Å². The van der Waals surface area contributed by atoms with Crippen molar-refractivity contribution in [1.82, 2.24) is 15.1 Å². The number of piperidine rings is 1. The Labute approximate surface area is 194 Å². The Bertz CT molecular complexity index is 950. The number of amides is 4. The highest BCUT2D eigenvalue weighted by atomic mass is 19.1. The van der Waals surface area contributed by atoms with Gasteiger partial charge in [-0.3, -0.25) is 14.5 Å². The van der Waals surface area contributed by atoms with Crippen LogP contribution in [0.3, 0.4) is 0 Å². The van der Waals surface area contributed by atoms with E-state index in [1.54, 1.807) is 12.1 Å². The molecule has 33 heavy (non-hydrogen) atoms. The van der Waals surface area contributed by atoms with Gasteiger partial charge in [-0.2, -0.15) is 0 Å². The molecule has 5 rings (SSSR count). The molecule has 6 nitrogen and oxygen atoms in total. The zero-order chi connectivity index (χ0) is 23.0. The number of carbonyl (C=O) groups is 3. The van der Waals surface area contributed by atoms with Crippen molar-refractivity contribution in [3.05, 3.63) is 47.8 Å². The van der Waals surface area contributed by atoms with Gasteiger partial charge in [-0.25, -0.2) is 9.18 Å². The zero-order valence-electron chi connectivity index (χ0n) is 19.0. The van der Waals surface area contributed by atoms with E-state index in [-0.39, 0.29) is 35.5 Å². The predicted molar refractivity (Wildman–Crippen MR) is 122 cm³/mol. The Hall–Kier alpha value is -2.70. The van der Waals surface area contributed by atoms with Crippen LogP contribution in [0, 0.1) is 23.6 Å². The Morgan fingerprint density at radius 3 is 2.39 bits per heavy atom. The molecule has 176 valence electrons. The maximum Gasteiger partial charge on any atom is 0.325 e. The first kappa shape index (κ1) is 22.1. The van der Waals surface area contributed by atoms with E-state index in [4.69, 9.17) is 0 Å². The van der Waals surface area contributed by atoms with Crippen molar-refractivity contribution in [1.29, 1.82) is 0 Å². The maximum atomic E-state index is 13.7. The van der Waals surface area contributed by atoms with Crippen molar-refractivity contribution < 1.29 is 18.8 Å². The lowest BCUT2D eigenvalue weighted by Crippen LogP contribution is -2.58. The number of likely N-dealkylation sites (tertiary alicyclic amines) is 1. The van der Waals surface area contributed by atoms with Gasteiger partial charge in [0.1, 0.15) is 11.4 Å². The molecule has 7 heteroatoms. The fourth-order valence-corrected chi connectivity index (χ4v) is 5.70. The smallest absolute Gasteiger partial charge is 0.325 e. The van der Waals surface area contributed by atoms with Gasteiger partial charge < -0.3 is 10.2 Å². The van der Waals surface area contributed by atoms with Crippen molar-refractivity contribution in [3.63, 3.8) is 0 Å². The summed E-state index contributed by atoms with van der Waals surface area (Å²) >= 11 is 0. The highest BCUT2D eigenvalue weighted by Crippen LogP contribution is 2.39. The minimum atomic E-state index is -1.04. The number of halogens is 1. The Morgan fingerprint density at radius 1 is 1.03 bits per heavy atom. The van der Waals surface area contributed by atoms with Crippen LogP contribution in [0.5, 0.6) is 0 Å². The molecule has 1 saturated carbocycles. The van der Waals surface area contributed by atoms with Gasteiger partial charge in [0.15, 0.2) is 0 Å². The third-order valence-electron chi connectivity index (χ3n) is 7.86. The lowest BCUT2D eigenvalue weighted by atomic mass is 9.73.